The van der Waals surface area contributed by atoms with Gasteiger partial charge in [0.1, 0.15) is 0 Å². The lowest BCUT2D eigenvalue weighted by Gasteiger charge is -1.68. The normalized spacial score (nSPS) is 9.12. The third-order valence-corrected chi connectivity index (χ3v) is 0.718. The minimum absolute atomic E-state index is 0.475. The minimum Gasteiger partial charge on any atom is -0.335 e. The summed E-state index contributed by atoms with van der Waals surface area (Å²) < 4.78 is 4.63. The molecule has 0 saturated carbocycles. The molecule has 0 saturated heterocycles. The average Bonchev–Trinajstić information content (AvgIpc) is 2.14. The van der Waals surface area contributed by atoms with Crippen LogP contribution in [0.2, 0.25) is 0 Å². The Morgan fingerprint density at radius 1 is 1.75 bits per heavy atom. The number of aromatic nitrogens is 2. The van der Waals surface area contributed by atoms with Crippen molar-refractivity contribution in [1.29, 1.82) is 0 Å². The van der Waals surface area contributed by atoms with E-state index in [9.17, 15) is 0 Å². The molecular formula is C5H6N2O. The molecule has 0 N–H and O–H groups in total. The van der Waals surface area contributed by atoms with Gasteiger partial charge in [-0.3, -0.25) is 0 Å². The first-order valence-corrected chi connectivity index (χ1v) is 2.25. The van der Waals surface area contributed by atoms with Gasteiger partial charge in [-0.15, -0.1) is 0 Å². The summed E-state index contributed by atoms with van der Waals surface area (Å²) in [6, 6.07) is 0. The van der Waals surface area contributed by atoms with Crippen molar-refractivity contribution in [3.63, 3.8) is 0 Å². The van der Waals surface area contributed by atoms with Gasteiger partial charge in [-0.2, -0.15) is 4.98 Å². The van der Waals surface area contributed by atoms with E-state index in [0.29, 0.717) is 11.7 Å². The van der Waals surface area contributed by atoms with Crippen molar-refractivity contribution in [2.24, 2.45) is 0 Å². The number of hydrogen-bond donors (Lipinski definition) is 0. The molecule has 0 amide bonds. The molecule has 0 radical (unpaired) electrons. The molecule has 0 aliphatic carbocycles. The van der Waals surface area contributed by atoms with Gasteiger partial charge in [0.2, 0.25) is 5.89 Å². The first-order valence-electron chi connectivity index (χ1n) is 2.25. The number of aryl methyl sites for hydroxylation is 1. The smallest absolute Gasteiger partial charge is 0.250 e. The fourth-order valence-electron chi connectivity index (χ4n) is 0.396. The third-order valence-electron chi connectivity index (χ3n) is 0.718. The maximum Gasteiger partial charge on any atom is 0.250 e. The highest BCUT2D eigenvalue weighted by atomic mass is 16.5. The summed E-state index contributed by atoms with van der Waals surface area (Å²) in [4.78, 5) is 3.83. The van der Waals surface area contributed by atoms with Crippen LogP contribution in [0.4, 0.5) is 0 Å². The molecule has 0 atom stereocenters. The second-order valence-corrected chi connectivity index (χ2v) is 1.38. The van der Waals surface area contributed by atoms with Gasteiger partial charge >= 0.3 is 0 Å². The molecule has 0 fully saturated rings. The Morgan fingerprint density at radius 3 is 2.75 bits per heavy atom. The van der Waals surface area contributed by atoms with Crippen molar-refractivity contribution in [3.8, 4) is 0 Å². The summed E-state index contributed by atoms with van der Waals surface area (Å²) in [7, 11) is 0. The Kier molecular flexibility index (Phi) is 1.12. The molecular weight excluding hydrogens is 104 g/mol. The van der Waals surface area contributed by atoms with Gasteiger partial charge in [0.05, 0.1) is 0 Å². The molecule has 0 aliphatic rings. The summed E-state index contributed by atoms with van der Waals surface area (Å²) in [6.45, 7) is 5.21. The first-order chi connectivity index (χ1) is 3.83. The highest BCUT2D eigenvalue weighted by Gasteiger charge is 1.92. The van der Waals surface area contributed by atoms with E-state index in [2.05, 4.69) is 21.2 Å². The van der Waals surface area contributed by atoms with Crippen molar-refractivity contribution >= 4 is 6.08 Å². The van der Waals surface area contributed by atoms with Crippen molar-refractivity contribution in [2.45, 2.75) is 6.92 Å². The van der Waals surface area contributed by atoms with Gasteiger partial charge in [0, 0.05) is 0 Å². The molecule has 3 heteroatoms. The van der Waals surface area contributed by atoms with Crippen molar-refractivity contribution in [1.82, 2.24) is 10.1 Å². The van der Waals surface area contributed by atoms with E-state index < -0.39 is 0 Å². The maximum atomic E-state index is 4.63. The first kappa shape index (κ1) is 5.03. The van der Waals surface area contributed by atoms with E-state index in [0.717, 1.165) is 0 Å². The molecule has 0 unspecified atom stereocenters. The van der Waals surface area contributed by atoms with Crippen molar-refractivity contribution in [3.05, 3.63) is 18.3 Å². The standard InChI is InChI=1S/C5H6N2O/c1-3-5-6-4(2)7-8-5/h3H,1H2,2H3. The highest BCUT2D eigenvalue weighted by molar-refractivity contribution is 5.32. The van der Waals surface area contributed by atoms with E-state index in [1.807, 2.05) is 0 Å². The number of rotatable bonds is 1. The number of hydrogen-bond acceptors (Lipinski definition) is 3. The van der Waals surface area contributed by atoms with Crippen molar-refractivity contribution < 1.29 is 4.52 Å². The molecule has 1 heterocycles. The summed E-state index contributed by atoms with van der Waals surface area (Å²) in [5.41, 5.74) is 0. The molecule has 1 rings (SSSR count). The van der Waals surface area contributed by atoms with Crippen LogP contribution in [0.15, 0.2) is 11.1 Å². The van der Waals surface area contributed by atoms with Crippen LogP contribution in [0.5, 0.6) is 0 Å². The van der Waals surface area contributed by atoms with Gasteiger partial charge in [0.25, 0.3) is 0 Å². The van der Waals surface area contributed by atoms with E-state index in [1.165, 1.54) is 6.08 Å². The summed E-state index contributed by atoms with van der Waals surface area (Å²) in [5, 5.41) is 3.53. The van der Waals surface area contributed by atoms with Crippen LogP contribution in [0.1, 0.15) is 11.7 Å². The predicted octanol–water partition coefficient (Wildman–Crippen LogP) is 1.02. The number of nitrogens with zero attached hydrogens (tertiary/aromatic N) is 2. The minimum atomic E-state index is 0.475. The molecule has 0 spiro atoms. The molecule has 8 heavy (non-hydrogen) atoms. The molecule has 1 aromatic rings. The summed E-state index contributed by atoms with van der Waals surface area (Å²) in [5.74, 6) is 1.11. The van der Waals surface area contributed by atoms with Crippen LogP contribution in [-0.2, 0) is 0 Å². The molecule has 1 aromatic heterocycles. The van der Waals surface area contributed by atoms with Gasteiger partial charge < -0.3 is 4.52 Å². The topological polar surface area (TPSA) is 38.9 Å². The Hall–Kier alpha value is -1.12. The Morgan fingerprint density at radius 2 is 2.50 bits per heavy atom. The second-order valence-electron chi connectivity index (χ2n) is 1.38. The van der Waals surface area contributed by atoms with Crippen LogP contribution in [0, 0.1) is 6.92 Å². The van der Waals surface area contributed by atoms with Crippen LogP contribution < -0.4 is 0 Å². The maximum absolute atomic E-state index is 4.63. The molecule has 3 nitrogen and oxygen atoms in total. The zero-order valence-electron chi connectivity index (χ0n) is 4.59. The summed E-state index contributed by atoms with van der Waals surface area (Å²) >= 11 is 0. The zero-order chi connectivity index (χ0) is 5.98. The van der Waals surface area contributed by atoms with Gasteiger partial charge in [-0.05, 0) is 13.0 Å². The Labute approximate surface area is 47.0 Å². The van der Waals surface area contributed by atoms with E-state index in [4.69, 9.17) is 0 Å². The van der Waals surface area contributed by atoms with E-state index >= 15 is 0 Å². The fraction of sp³-hybridized carbons (Fsp3) is 0.200. The Balaban J connectivity index is 3.00. The Bertz CT molecular complexity index is 192. The van der Waals surface area contributed by atoms with Gasteiger partial charge in [-0.1, -0.05) is 11.7 Å². The van der Waals surface area contributed by atoms with Crippen molar-refractivity contribution in [2.75, 3.05) is 0 Å². The predicted molar refractivity (Wildman–Crippen MR) is 29.1 cm³/mol. The van der Waals surface area contributed by atoms with Crippen LogP contribution in [0.3, 0.4) is 0 Å². The lowest BCUT2D eigenvalue weighted by Crippen LogP contribution is -1.70. The zero-order valence-corrected chi connectivity index (χ0v) is 4.59. The lowest BCUT2D eigenvalue weighted by molar-refractivity contribution is 0.405. The van der Waals surface area contributed by atoms with Crippen LogP contribution >= 0.6 is 0 Å². The fourth-order valence-corrected chi connectivity index (χ4v) is 0.396. The van der Waals surface area contributed by atoms with Crippen LogP contribution in [0.25, 0.3) is 6.08 Å². The third kappa shape index (κ3) is 0.753. The van der Waals surface area contributed by atoms with E-state index in [-0.39, 0.29) is 0 Å². The second kappa shape index (κ2) is 1.78. The SMILES string of the molecule is C=Cc1nc(C)no1. The van der Waals surface area contributed by atoms with Crippen LogP contribution in [-0.4, -0.2) is 10.1 Å². The highest BCUT2D eigenvalue weighted by Crippen LogP contribution is 1.94. The van der Waals surface area contributed by atoms with E-state index in [1.54, 1.807) is 6.92 Å². The monoisotopic (exact) mass is 110 g/mol. The summed E-state index contributed by atoms with van der Waals surface area (Å²) in [6.07, 6.45) is 1.51. The lowest BCUT2D eigenvalue weighted by atomic mass is 10.6. The largest absolute Gasteiger partial charge is 0.335 e. The average molecular weight is 110 g/mol. The molecule has 0 aromatic carbocycles. The molecule has 42 valence electrons. The van der Waals surface area contributed by atoms with Gasteiger partial charge in [0.15, 0.2) is 5.82 Å². The molecule has 0 bridgehead atoms. The molecule has 0 aliphatic heterocycles. The quantitative estimate of drug-likeness (QED) is 0.541. The van der Waals surface area contributed by atoms with Gasteiger partial charge in [-0.25, -0.2) is 0 Å².